The zero-order valence-electron chi connectivity index (χ0n) is 7.77. The molecule has 0 amide bonds. The molecule has 70 valence electrons. The van der Waals surface area contributed by atoms with Gasteiger partial charge in [-0.2, -0.15) is 0 Å². The monoisotopic (exact) mass is 230 g/mol. The number of hydrogen-bond acceptors (Lipinski definition) is 0. The quantitative estimate of drug-likeness (QED) is 0.376. The van der Waals surface area contributed by atoms with Crippen LogP contribution in [0.5, 0.6) is 0 Å². The SMILES string of the molecule is BrCCCCCC1CC=CCC1. The fraction of sp³-hybridized carbons (Fsp3) is 0.818. The molecule has 1 aliphatic carbocycles. The molecular weight excluding hydrogens is 212 g/mol. The first-order valence-corrected chi connectivity index (χ1v) is 6.26. The van der Waals surface area contributed by atoms with E-state index in [0.717, 1.165) is 5.92 Å². The van der Waals surface area contributed by atoms with Gasteiger partial charge in [0.2, 0.25) is 0 Å². The largest absolute Gasteiger partial charge is 0.0928 e. The number of rotatable bonds is 5. The normalized spacial score (nSPS) is 22.9. The van der Waals surface area contributed by atoms with E-state index in [1.54, 1.807) is 0 Å². The van der Waals surface area contributed by atoms with Gasteiger partial charge in [-0.25, -0.2) is 0 Å². The predicted octanol–water partition coefficient (Wildman–Crippen LogP) is 4.30. The van der Waals surface area contributed by atoms with Crippen LogP contribution in [0.15, 0.2) is 12.2 Å². The summed E-state index contributed by atoms with van der Waals surface area (Å²) in [5, 5.41) is 1.18. The first kappa shape index (κ1) is 10.3. The van der Waals surface area contributed by atoms with Gasteiger partial charge in [0.1, 0.15) is 0 Å². The molecule has 0 fully saturated rings. The van der Waals surface area contributed by atoms with Crippen molar-refractivity contribution in [2.45, 2.75) is 44.9 Å². The zero-order valence-corrected chi connectivity index (χ0v) is 9.35. The Balaban J connectivity index is 1.95. The fourth-order valence-electron chi connectivity index (χ4n) is 1.82. The second-order valence-corrected chi connectivity index (χ2v) is 4.48. The molecule has 0 aromatic rings. The maximum atomic E-state index is 3.46. The van der Waals surface area contributed by atoms with E-state index in [-0.39, 0.29) is 0 Å². The summed E-state index contributed by atoms with van der Waals surface area (Å²) < 4.78 is 0. The van der Waals surface area contributed by atoms with E-state index in [2.05, 4.69) is 28.1 Å². The highest BCUT2D eigenvalue weighted by atomic mass is 79.9. The number of hydrogen-bond donors (Lipinski definition) is 0. The Morgan fingerprint density at radius 2 is 2.08 bits per heavy atom. The first-order chi connectivity index (χ1) is 5.93. The summed E-state index contributed by atoms with van der Waals surface area (Å²) in [4.78, 5) is 0. The van der Waals surface area contributed by atoms with Gasteiger partial charge in [-0.1, -0.05) is 47.3 Å². The van der Waals surface area contributed by atoms with Gasteiger partial charge in [0.15, 0.2) is 0 Å². The van der Waals surface area contributed by atoms with Gasteiger partial charge in [-0.15, -0.1) is 0 Å². The molecule has 0 radical (unpaired) electrons. The Kier molecular flexibility index (Phi) is 5.76. The number of alkyl halides is 1. The van der Waals surface area contributed by atoms with E-state index >= 15 is 0 Å². The fourth-order valence-corrected chi connectivity index (χ4v) is 2.22. The minimum absolute atomic E-state index is 1.00. The molecule has 12 heavy (non-hydrogen) atoms. The van der Waals surface area contributed by atoms with Gasteiger partial charge in [0, 0.05) is 5.33 Å². The lowest BCUT2D eigenvalue weighted by atomic mass is 9.90. The van der Waals surface area contributed by atoms with Crippen molar-refractivity contribution in [3.63, 3.8) is 0 Å². The van der Waals surface area contributed by atoms with Crippen molar-refractivity contribution in [1.29, 1.82) is 0 Å². The Morgan fingerprint density at radius 1 is 1.17 bits per heavy atom. The van der Waals surface area contributed by atoms with Gasteiger partial charge in [-0.3, -0.25) is 0 Å². The molecular formula is C11H19Br. The van der Waals surface area contributed by atoms with Crippen LogP contribution in [-0.2, 0) is 0 Å². The molecule has 0 aromatic carbocycles. The van der Waals surface area contributed by atoms with Crippen molar-refractivity contribution in [2.75, 3.05) is 5.33 Å². The van der Waals surface area contributed by atoms with Crippen molar-refractivity contribution >= 4 is 15.9 Å². The highest BCUT2D eigenvalue weighted by molar-refractivity contribution is 9.09. The lowest BCUT2D eigenvalue weighted by molar-refractivity contribution is 0.424. The van der Waals surface area contributed by atoms with Crippen LogP contribution in [0.25, 0.3) is 0 Å². The van der Waals surface area contributed by atoms with Crippen molar-refractivity contribution in [2.24, 2.45) is 5.92 Å². The van der Waals surface area contributed by atoms with E-state index in [9.17, 15) is 0 Å². The summed E-state index contributed by atoms with van der Waals surface area (Å²) in [6.07, 6.45) is 14.4. The van der Waals surface area contributed by atoms with Gasteiger partial charge < -0.3 is 0 Å². The van der Waals surface area contributed by atoms with Gasteiger partial charge in [0.05, 0.1) is 0 Å². The van der Waals surface area contributed by atoms with Crippen LogP contribution in [0.2, 0.25) is 0 Å². The van der Waals surface area contributed by atoms with Crippen molar-refractivity contribution < 1.29 is 0 Å². The molecule has 1 rings (SSSR count). The smallest absolute Gasteiger partial charge is 0.00313 e. The maximum Gasteiger partial charge on any atom is 0.00313 e. The molecule has 0 aliphatic heterocycles. The first-order valence-electron chi connectivity index (χ1n) is 5.14. The third kappa shape index (κ3) is 4.30. The number of unbranched alkanes of at least 4 members (excludes halogenated alkanes) is 2. The molecule has 0 saturated heterocycles. The van der Waals surface area contributed by atoms with Crippen LogP contribution in [0.4, 0.5) is 0 Å². The highest BCUT2D eigenvalue weighted by Crippen LogP contribution is 2.23. The predicted molar refractivity (Wildman–Crippen MR) is 58.7 cm³/mol. The molecule has 0 saturated carbocycles. The van der Waals surface area contributed by atoms with Crippen molar-refractivity contribution in [3.05, 3.63) is 12.2 Å². The summed E-state index contributed by atoms with van der Waals surface area (Å²) in [6, 6.07) is 0. The zero-order chi connectivity index (χ0) is 8.65. The lowest BCUT2D eigenvalue weighted by Gasteiger charge is -2.16. The van der Waals surface area contributed by atoms with Gasteiger partial charge in [0.25, 0.3) is 0 Å². The average Bonchev–Trinajstić information content (AvgIpc) is 2.14. The number of halogens is 1. The van der Waals surface area contributed by atoms with Crippen LogP contribution in [-0.4, -0.2) is 5.33 Å². The average molecular weight is 231 g/mol. The molecule has 0 N–H and O–H groups in total. The minimum Gasteiger partial charge on any atom is -0.0928 e. The van der Waals surface area contributed by atoms with E-state index in [4.69, 9.17) is 0 Å². The Labute approximate surface area is 84.6 Å². The Morgan fingerprint density at radius 3 is 2.75 bits per heavy atom. The summed E-state index contributed by atoms with van der Waals surface area (Å²) in [7, 11) is 0. The summed E-state index contributed by atoms with van der Waals surface area (Å²) in [6.45, 7) is 0. The molecule has 0 nitrogen and oxygen atoms in total. The molecule has 0 bridgehead atoms. The van der Waals surface area contributed by atoms with E-state index in [1.807, 2.05) is 0 Å². The van der Waals surface area contributed by atoms with Crippen LogP contribution in [0.3, 0.4) is 0 Å². The second-order valence-electron chi connectivity index (χ2n) is 3.69. The third-order valence-corrected chi connectivity index (χ3v) is 3.18. The molecule has 1 atom stereocenters. The van der Waals surface area contributed by atoms with Crippen LogP contribution in [0.1, 0.15) is 44.9 Å². The Hall–Kier alpha value is 0.220. The number of allylic oxidation sites excluding steroid dienone is 2. The van der Waals surface area contributed by atoms with Crippen molar-refractivity contribution in [1.82, 2.24) is 0 Å². The molecule has 0 aromatic heterocycles. The molecule has 0 heterocycles. The molecule has 1 heteroatoms. The van der Waals surface area contributed by atoms with Crippen molar-refractivity contribution in [3.8, 4) is 0 Å². The highest BCUT2D eigenvalue weighted by Gasteiger charge is 2.08. The lowest BCUT2D eigenvalue weighted by Crippen LogP contribution is -2.02. The standard InChI is InChI=1S/C11H19Br/c12-10-6-2-5-9-11-7-3-1-4-8-11/h1,3,11H,2,4-10H2. The van der Waals surface area contributed by atoms with Crippen LogP contribution in [0, 0.1) is 5.92 Å². The van der Waals surface area contributed by atoms with Gasteiger partial charge >= 0.3 is 0 Å². The third-order valence-electron chi connectivity index (χ3n) is 2.62. The molecule has 0 spiro atoms. The van der Waals surface area contributed by atoms with Gasteiger partial charge in [-0.05, 0) is 31.6 Å². The Bertz CT molecular complexity index is 129. The topological polar surface area (TPSA) is 0 Å². The molecule has 1 aliphatic rings. The second kappa shape index (κ2) is 6.71. The summed E-state index contributed by atoms with van der Waals surface area (Å²) in [5.74, 6) is 1.00. The minimum atomic E-state index is 1.00. The van der Waals surface area contributed by atoms with E-state index in [0.29, 0.717) is 0 Å². The van der Waals surface area contributed by atoms with Crippen LogP contribution >= 0.6 is 15.9 Å². The molecule has 1 unspecified atom stereocenters. The summed E-state index contributed by atoms with van der Waals surface area (Å²) >= 11 is 3.46. The van der Waals surface area contributed by atoms with Crippen LogP contribution < -0.4 is 0 Å². The maximum absolute atomic E-state index is 3.46. The van der Waals surface area contributed by atoms with E-state index in [1.165, 1.54) is 50.3 Å². The van der Waals surface area contributed by atoms with E-state index < -0.39 is 0 Å². The summed E-state index contributed by atoms with van der Waals surface area (Å²) in [5.41, 5.74) is 0.